The summed E-state index contributed by atoms with van der Waals surface area (Å²) in [5, 5.41) is 10.7. The molecule has 3 rings (SSSR count). The molecule has 1 N–H and O–H groups in total. The second kappa shape index (κ2) is 5.88. The van der Waals surface area contributed by atoms with Gasteiger partial charge in [-0.25, -0.2) is 4.98 Å². The fourth-order valence-corrected chi connectivity index (χ4v) is 2.62. The van der Waals surface area contributed by atoms with Crippen LogP contribution in [0.1, 0.15) is 12.5 Å². The summed E-state index contributed by atoms with van der Waals surface area (Å²) in [5.74, 6) is 0. The predicted molar refractivity (Wildman–Crippen MR) is 82.8 cm³/mol. The van der Waals surface area contributed by atoms with E-state index in [1.54, 1.807) is 11.3 Å². The van der Waals surface area contributed by atoms with Crippen LogP contribution >= 0.6 is 11.3 Å². The molecule has 0 saturated carbocycles. The quantitative estimate of drug-likeness (QED) is 0.778. The van der Waals surface area contributed by atoms with E-state index in [0.29, 0.717) is 0 Å². The molecule has 0 saturated heterocycles. The molecule has 4 nitrogen and oxygen atoms in total. The van der Waals surface area contributed by atoms with Crippen molar-refractivity contribution in [3.05, 3.63) is 53.8 Å². The molecule has 0 unspecified atom stereocenters. The number of thiazole rings is 1. The number of benzene rings is 1. The minimum absolute atomic E-state index is 0.788. The third-order valence-electron chi connectivity index (χ3n) is 3.07. The van der Waals surface area contributed by atoms with Crippen molar-refractivity contribution in [2.75, 3.05) is 5.32 Å². The first-order chi connectivity index (χ1) is 9.85. The maximum Gasteiger partial charge on any atom is 0.123 e. The first-order valence-electron chi connectivity index (χ1n) is 6.60. The molecule has 0 spiro atoms. The van der Waals surface area contributed by atoms with Crippen molar-refractivity contribution in [3.8, 4) is 10.6 Å². The van der Waals surface area contributed by atoms with Crippen LogP contribution < -0.4 is 5.32 Å². The zero-order valence-corrected chi connectivity index (χ0v) is 12.1. The summed E-state index contributed by atoms with van der Waals surface area (Å²) in [6.07, 6.45) is 5.80. The lowest BCUT2D eigenvalue weighted by molar-refractivity contribution is 0.659. The molecule has 0 aliphatic carbocycles. The molecular weight excluding hydrogens is 268 g/mol. The molecule has 0 amide bonds. The summed E-state index contributed by atoms with van der Waals surface area (Å²) in [5.41, 5.74) is 3.45. The molecule has 0 bridgehead atoms. The van der Waals surface area contributed by atoms with Gasteiger partial charge in [0.1, 0.15) is 5.01 Å². The molecule has 3 aromatic rings. The van der Waals surface area contributed by atoms with Crippen LogP contribution in [0.5, 0.6) is 0 Å². The van der Waals surface area contributed by atoms with Gasteiger partial charge in [-0.15, -0.1) is 11.3 Å². The Labute approximate surface area is 122 Å². The van der Waals surface area contributed by atoms with Crippen molar-refractivity contribution < 1.29 is 0 Å². The SMILES string of the molecule is CCn1cc(CNc2ccc(-c3nccs3)cc2)cn1. The number of nitrogens with one attached hydrogen (secondary N) is 1. The maximum absolute atomic E-state index is 4.31. The number of rotatable bonds is 5. The Bertz CT molecular complexity index is 656. The number of hydrogen-bond acceptors (Lipinski definition) is 4. The molecule has 0 atom stereocenters. The summed E-state index contributed by atoms with van der Waals surface area (Å²) in [6, 6.07) is 8.36. The lowest BCUT2D eigenvalue weighted by atomic mass is 10.2. The first-order valence-corrected chi connectivity index (χ1v) is 7.48. The molecule has 0 aliphatic rings. The van der Waals surface area contributed by atoms with Crippen LogP contribution in [0.15, 0.2) is 48.2 Å². The van der Waals surface area contributed by atoms with Gasteiger partial charge in [0, 0.05) is 47.7 Å². The highest BCUT2D eigenvalue weighted by atomic mass is 32.1. The van der Waals surface area contributed by atoms with Crippen molar-refractivity contribution in [2.24, 2.45) is 0 Å². The Morgan fingerprint density at radius 1 is 1.25 bits per heavy atom. The standard InChI is InChI=1S/C15H16N4S/c1-2-19-11-12(10-18-19)9-17-14-5-3-13(4-6-14)15-16-7-8-20-15/h3-8,10-11,17H,2,9H2,1H3. The van der Waals surface area contributed by atoms with Crippen LogP contribution in [-0.4, -0.2) is 14.8 Å². The largest absolute Gasteiger partial charge is 0.381 e. The normalized spacial score (nSPS) is 10.7. The minimum Gasteiger partial charge on any atom is -0.381 e. The predicted octanol–water partition coefficient (Wildman–Crippen LogP) is 3.64. The van der Waals surface area contributed by atoms with Gasteiger partial charge in [-0.05, 0) is 31.2 Å². The number of nitrogens with zero attached hydrogens (tertiary/aromatic N) is 3. The summed E-state index contributed by atoms with van der Waals surface area (Å²) < 4.78 is 1.93. The highest BCUT2D eigenvalue weighted by Gasteiger charge is 2.01. The topological polar surface area (TPSA) is 42.7 Å². The van der Waals surface area contributed by atoms with E-state index in [1.807, 2.05) is 22.5 Å². The van der Waals surface area contributed by atoms with Crippen molar-refractivity contribution in [2.45, 2.75) is 20.0 Å². The summed E-state index contributed by atoms with van der Waals surface area (Å²) >= 11 is 1.65. The first kappa shape index (κ1) is 12.9. The summed E-state index contributed by atoms with van der Waals surface area (Å²) in [7, 11) is 0. The summed E-state index contributed by atoms with van der Waals surface area (Å²) in [4.78, 5) is 4.31. The molecule has 20 heavy (non-hydrogen) atoms. The van der Waals surface area contributed by atoms with Crippen molar-refractivity contribution in [3.63, 3.8) is 0 Å². The number of aryl methyl sites for hydroxylation is 1. The van der Waals surface area contributed by atoms with E-state index in [4.69, 9.17) is 0 Å². The van der Waals surface area contributed by atoms with Gasteiger partial charge < -0.3 is 5.32 Å². The zero-order valence-electron chi connectivity index (χ0n) is 11.3. The highest BCUT2D eigenvalue weighted by Crippen LogP contribution is 2.23. The molecule has 0 fully saturated rings. The monoisotopic (exact) mass is 284 g/mol. The van der Waals surface area contributed by atoms with Gasteiger partial charge in [0.15, 0.2) is 0 Å². The number of anilines is 1. The van der Waals surface area contributed by atoms with E-state index < -0.39 is 0 Å². The van der Waals surface area contributed by atoms with Crippen LogP contribution in [-0.2, 0) is 13.1 Å². The zero-order chi connectivity index (χ0) is 13.8. The molecule has 2 heterocycles. The van der Waals surface area contributed by atoms with Crippen LogP contribution in [0.3, 0.4) is 0 Å². The van der Waals surface area contributed by atoms with Crippen LogP contribution in [0.4, 0.5) is 5.69 Å². The summed E-state index contributed by atoms with van der Waals surface area (Å²) in [6.45, 7) is 3.78. The molecule has 0 radical (unpaired) electrons. The van der Waals surface area contributed by atoms with Gasteiger partial charge in [0.2, 0.25) is 0 Å². The fourth-order valence-electron chi connectivity index (χ4n) is 1.97. The van der Waals surface area contributed by atoms with Crippen molar-refractivity contribution >= 4 is 17.0 Å². The maximum atomic E-state index is 4.31. The van der Waals surface area contributed by atoms with E-state index in [-0.39, 0.29) is 0 Å². The van der Waals surface area contributed by atoms with Gasteiger partial charge in [0.25, 0.3) is 0 Å². The Morgan fingerprint density at radius 3 is 2.75 bits per heavy atom. The van der Waals surface area contributed by atoms with E-state index in [1.165, 1.54) is 5.56 Å². The average Bonchev–Trinajstić information content (AvgIpc) is 3.17. The Balaban J connectivity index is 1.63. The van der Waals surface area contributed by atoms with E-state index in [0.717, 1.165) is 29.3 Å². The van der Waals surface area contributed by atoms with Gasteiger partial charge in [-0.3, -0.25) is 4.68 Å². The average molecular weight is 284 g/mol. The Hall–Kier alpha value is -2.14. The van der Waals surface area contributed by atoms with Crippen LogP contribution in [0.2, 0.25) is 0 Å². The third kappa shape index (κ3) is 2.88. The lowest BCUT2D eigenvalue weighted by Gasteiger charge is -2.05. The Morgan fingerprint density at radius 2 is 2.10 bits per heavy atom. The Kier molecular flexibility index (Phi) is 3.78. The van der Waals surface area contributed by atoms with Crippen LogP contribution in [0, 0.1) is 0 Å². The number of aromatic nitrogens is 3. The van der Waals surface area contributed by atoms with Crippen molar-refractivity contribution in [1.29, 1.82) is 0 Å². The van der Waals surface area contributed by atoms with Gasteiger partial charge in [-0.2, -0.15) is 5.10 Å². The molecule has 2 aromatic heterocycles. The van der Waals surface area contributed by atoms with Gasteiger partial charge >= 0.3 is 0 Å². The van der Waals surface area contributed by atoms with E-state index in [9.17, 15) is 0 Å². The molecule has 0 aliphatic heterocycles. The van der Waals surface area contributed by atoms with Gasteiger partial charge in [-0.1, -0.05) is 0 Å². The fraction of sp³-hybridized carbons (Fsp3) is 0.200. The molecule has 102 valence electrons. The van der Waals surface area contributed by atoms with Crippen molar-refractivity contribution in [1.82, 2.24) is 14.8 Å². The smallest absolute Gasteiger partial charge is 0.123 e. The third-order valence-corrected chi connectivity index (χ3v) is 3.89. The van der Waals surface area contributed by atoms with E-state index >= 15 is 0 Å². The van der Waals surface area contributed by atoms with Gasteiger partial charge in [0.05, 0.1) is 6.20 Å². The number of hydrogen-bond donors (Lipinski definition) is 1. The highest BCUT2D eigenvalue weighted by molar-refractivity contribution is 7.13. The molecule has 1 aromatic carbocycles. The second-order valence-corrected chi connectivity index (χ2v) is 5.37. The van der Waals surface area contributed by atoms with E-state index in [2.05, 4.69) is 52.8 Å². The molecular formula is C15H16N4S. The molecule has 5 heteroatoms. The second-order valence-electron chi connectivity index (χ2n) is 4.47. The van der Waals surface area contributed by atoms with Crippen LogP contribution in [0.25, 0.3) is 10.6 Å². The lowest BCUT2D eigenvalue weighted by Crippen LogP contribution is -1.98. The minimum atomic E-state index is 0.788.